The number of benzene rings is 1. The van der Waals surface area contributed by atoms with Crippen LogP contribution < -0.4 is 20.7 Å². The number of hydrogen-bond donors (Lipinski definition) is 2. The van der Waals surface area contributed by atoms with Gasteiger partial charge in [-0.1, -0.05) is 29.8 Å². The molecule has 6 nitrogen and oxygen atoms in total. The Morgan fingerprint density at radius 2 is 1.96 bits per heavy atom. The van der Waals surface area contributed by atoms with E-state index in [4.69, 9.17) is 22.1 Å². The number of nitrogens with zero attached hydrogens (tertiary/aromatic N) is 3. The third-order valence-electron chi connectivity index (χ3n) is 4.06. The van der Waals surface area contributed by atoms with Crippen molar-refractivity contribution in [2.75, 3.05) is 36.9 Å². The summed E-state index contributed by atoms with van der Waals surface area (Å²) in [6.45, 7) is 3.35. The topological polar surface area (TPSA) is 76.3 Å². The highest BCUT2D eigenvalue weighted by molar-refractivity contribution is 6.29. The Kier molecular flexibility index (Phi) is 5.72. The van der Waals surface area contributed by atoms with Crippen molar-refractivity contribution in [3.8, 4) is 5.75 Å². The van der Waals surface area contributed by atoms with Gasteiger partial charge in [0.2, 0.25) is 5.95 Å². The van der Waals surface area contributed by atoms with Crippen LogP contribution in [0, 0.1) is 0 Å². The van der Waals surface area contributed by atoms with Gasteiger partial charge in [0.25, 0.3) is 0 Å². The first kappa shape index (κ1) is 16.8. The van der Waals surface area contributed by atoms with Gasteiger partial charge in [-0.05, 0) is 25.0 Å². The van der Waals surface area contributed by atoms with Crippen molar-refractivity contribution in [3.63, 3.8) is 0 Å². The van der Waals surface area contributed by atoms with Crippen molar-refractivity contribution in [1.82, 2.24) is 15.3 Å². The number of rotatable bonds is 6. The Bertz CT molecular complexity index is 626. The fourth-order valence-corrected chi connectivity index (χ4v) is 3.03. The van der Waals surface area contributed by atoms with E-state index in [9.17, 15) is 0 Å². The minimum Gasteiger partial charge on any atom is -0.492 e. The number of piperidine rings is 1. The summed E-state index contributed by atoms with van der Waals surface area (Å²) >= 11 is 5.95. The molecule has 128 valence electrons. The van der Waals surface area contributed by atoms with Crippen molar-refractivity contribution in [2.45, 2.75) is 18.9 Å². The molecule has 1 saturated heterocycles. The van der Waals surface area contributed by atoms with Gasteiger partial charge in [0, 0.05) is 31.7 Å². The maximum absolute atomic E-state index is 5.95. The first-order valence-corrected chi connectivity index (χ1v) is 8.55. The zero-order valence-electron chi connectivity index (χ0n) is 13.5. The number of para-hydroxylation sites is 1. The van der Waals surface area contributed by atoms with Crippen LogP contribution >= 0.6 is 11.6 Å². The van der Waals surface area contributed by atoms with Gasteiger partial charge in [-0.25, -0.2) is 4.98 Å². The van der Waals surface area contributed by atoms with E-state index in [1.54, 1.807) is 6.07 Å². The second-order valence-electron chi connectivity index (χ2n) is 5.78. The van der Waals surface area contributed by atoms with Crippen molar-refractivity contribution in [2.24, 2.45) is 0 Å². The molecule has 0 saturated carbocycles. The Balaban J connectivity index is 1.39. The molecule has 1 aliphatic heterocycles. The predicted octanol–water partition coefficient (Wildman–Crippen LogP) is 2.35. The van der Waals surface area contributed by atoms with Crippen molar-refractivity contribution < 1.29 is 4.74 Å². The maximum atomic E-state index is 5.95. The van der Waals surface area contributed by atoms with Crippen LogP contribution in [0.2, 0.25) is 5.15 Å². The summed E-state index contributed by atoms with van der Waals surface area (Å²) in [7, 11) is 0. The maximum Gasteiger partial charge on any atom is 0.223 e. The third-order valence-corrected chi connectivity index (χ3v) is 4.26. The lowest BCUT2D eigenvalue weighted by Crippen LogP contribution is -2.44. The zero-order valence-corrected chi connectivity index (χ0v) is 14.2. The Morgan fingerprint density at radius 1 is 1.21 bits per heavy atom. The van der Waals surface area contributed by atoms with Crippen LogP contribution in [0.15, 0.2) is 36.4 Å². The smallest absolute Gasteiger partial charge is 0.223 e. The molecule has 7 heteroatoms. The number of nitrogens with one attached hydrogen (secondary N) is 1. The van der Waals surface area contributed by atoms with Crippen LogP contribution in [0.4, 0.5) is 11.8 Å². The molecule has 3 rings (SSSR count). The molecule has 2 heterocycles. The first-order valence-electron chi connectivity index (χ1n) is 8.17. The van der Waals surface area contributed by atoms with Crippen LogP contribution in [0.25, 0.3) is 0 Å². The average Bonchev–Trinajstić information content (AvgIpc) is 2.59. The third kappa shape index (κ3) is 4.72. The van der Waals surface area contributed by atoms with E-state index in [1.165, 1.54) is 0 Å². The molecule has 0 bridgehead atoms. The highest BCUT2D eigenvalue weighted by Gasteiger charge is 2.20. The van der Waals surface area contributed by atoms with E-state index in [0.717, 1.165) is 44.0 Å². The summed E-state index contributed by atoms with van der Waals surface area (Å²) in [5.74, 6) is 1.93. The second kappa shape index (κ2) is 8.17. The minimum absolute atomic E-state index is 0.218. The van der Waals surface area contributed by atoms with E-state index in [1.807, 2.05) is 30.3 Å². The molecule has 0 unspecified atom stereocenters. The fraction of sp³-hybridized carbons (Fsp3) is 0.412. The molecule has 0 aliphatic carbocycles. The van der Waals surface area contributed by atoms with Crippen LogP contribution in [0.5, 0.6) is 5.75 Å². The SMILES string of the molecule is Nc1nc(Cl)cc(N2CCC(NCCOc3ccccc3)CC2)n1. The molecule has 3 N–H and O–H groups in total. The van der Waals surface area contributed by atoms with E-state index >= 15 is 0 Å². The fourth-order valence-electron chi connectivity index (χ4n) is 2.85. The molecule has 1 fully saturated rings. The zero-order chi connectivity index (χ0) is 16.8. The molecule has 0 spiro atoms. The van der Waals surface area contributed by atoms with Gasteiger partial charge in [0.15, 0.2) is 0 Å². The average molecular weight is 348 g/mol. The number of anilines is 2. The van der Waals surface area contributed by atoms with Crippen molar-refractivity contribution in [1.29, 1.82) is 0 Å². The number of halogens is 1. The first-order chi connectivity index (χ1) is 11.7. The summed E-state index contributed by atoms with van der Waals surface area (Å²) in [6.07, 6.45) is 2.10. The molecule has 1 aliphatic rings. The van der Waals surface area contributed by atoms with Crippen LogP contribution in [0.1, 0.15) is 12.8 Å². The van der Waals surface area contributed by atoms with Crippen molar-refractivity contribution >= 4 is 23.4 Å². The van der Waals surface area contributed by atoms with Gasteiger partial charge in [-0.15, -0.1) is 0 Å². The van der Waals surface area contributed by atoms with E-state index in [0.29, 0.717) is 17.8 Å². The Labute approximate surface area is 147 Å². The minimum atomic E-state index is 0.218. The lowest BCUT2D eigenvalue weighted by atomic mass is 10.1. The van der Waals surface area contributed by atoms with Crippen LogP contribution in [-0.2, 0) is 0 Å². The molecule has 0 atom stereocenters. The van der Waals surface area contributed by atoms with Crippen LogP contribution in [-0.4, -0.2) is 42.3 Å². The summed E-state index contributed by atoms with van der Waals surface area (Å²) in [4.78, 5) is 10.4. The molecule has 1 aromatic heterocycles. The molecule has 0 amide bonds. The molecule has 0 radical (unpaired) electrons. The number of aromatic nitrogens is 2. The highest BCUT2D eigenvalue weighted by Crippen LogP contribution is 2.21. The molecule has 2 aromatic rings. The lowest BCUT2D eigenvalue weighted by molar-refractivity contribution is 0.296. The molecule has 1 aromatic carbocycles. The van der Waals surface area contributed by atoms with Gasteiger partial charge < -0.3 is 20.7 Å². The quantitative estimate of drug-likeness (QED) is 0.617. The van der Waals surface area contributed by atoms with E-state index < -0.39 is 0 Å². The number of nitrogens with two attached hydrogens (primary N) is 1. The van der Waals surface area contributed by atoms with E-state index in [-0.39, 0.29) is 5.95 Å². The molecule has 24 heavy (non-hydrogen) atoms. The summed E-state index contributed by atoms with van der Waals surface area (Å²) in [5, 5.41) is 3.94. The predicted molar refractivity (Wildman–Crippen MR) is 96.6 cm³/mol. The highest BCUT2D eigenvalue weighted by atomic mass is 35.5. The van der Waals surface area contributed by atoms with Gasteiger partial charge in [0.1, 0.15) is 23.3 Å². The van der Waals surface area contributed by atoms with Gasteiger partial charge in [0.05, 0.1) is 0 Å². The van der Waals surface area contributed by atoms with Gasteiger partial charge in [-0.3, -0.25) is 0 Å². The van der Waals surface area contributed by atoms with E-state index in [2.05, 4.69) is 20.2 Å². The number of ether oxygens (including phenoxy) is 1. The Morgan fingerprint density at radius 3 is 2.67 bits per heavy atom. The van der Waals surface area contributed by atoms with Crippen molar-refractivity contribution in [3.05, 3.63) is 41.6 Å². The largest absolute Gasteiger partial charge is 0.492 e. The number of nitrogen functional groups attached to an aromatic ring is 1. The van der Waals surface area contributed by atoms with Gasteiger partial charge >= 0.3 is 0 Å². The Hall–Kier alpha value is -2.05. The summed E-state index contributed by atoms with van der Waals surface area (Å²) in [6, 6.07) is 12.1. The second-order valence-corrected chi connectivity index (χ2v) is 6.17. The lowest BCUT2D eigenvalue weighted by Gasteiger charge is -2.33. The normalized spacial score (nSPS) is 15.5. The summed E-state index contributed by atoms with van der Waals surface area (Å²) in [5.41, 5.74) is 5.66. The van der Waals surface area contributed by atoms with Gasteiger partial charge in [-0.2, -0.15) is 4.98 Å². The molecular formula is C17H22ClN5O. The standard InChI is InChI=1S/C17H22ClN5O/c18-15-12-16(22-17(19)21-15)23-9-6-13(7-10-23)20-8-11-24-14-4-2-1-3-5-14/h1-5,12-13,20H,6-11H2,(H2,19,21,22). The monoisotopic (exact) mass is 347 g/mol. The summed E-state index contributed by atoms with van der Waals surface area (Å²) < 4.78 is 5.70. The molecular weight excluding hydrogens is 326 g/mol. The van der Waals surface area contributed by atoms with Crippen LogP contribution in [0.3, 0.4) is 0 Å². The number of hydrogen-bond acceptors (Lipinski definition) is 6.